The third-order valence-corrected chi connectivity index (χ3v) is 2.19. The molecule has 3 N–H and O–H groups in total. The van der Waals surface area contributed by atoms with Crippen LogP contribution in [0.1, 0.15) is 20.8 Å². The van der Waals surface area contributed by atoms with Crippen LogP contribution >= 0.6 is 24.0 Å². The average Bonchev–Trinajstić information content (AvgIpc) is 2.33. The Bertz CT molecular complexity index is 431. The van der Waals surface area contributed by atoms with Crippen LogP contribution in [-0.2, 0) is 0 Å². The van der Waals surface area contributed by atoms with Crippen LogP contribution in [0.15, 0.2) is 29.3 Å². The molecule has 0 saturated carbocycles. The van der Waals surface area contributed by atoms with Gasteiger partial charge in [0, 0.05) is 11.6 Å². The van der Waals surface area contributed by atoms with Crippen molar-refractivity contribution in [2.75, 3.05) is 20.3 Å². The van der Waals surface area contributed by atoms with Crippen molar-refractivity contribution in [2.24, 2.45) is 10.7 Å². The van der Waals surface area contributed by atoms with Crippen LogP contribution < -0.4 is 20.5 Å². The van der Waals surface area contributed by atoms with Gasteiger partial charge in [-0.25, -0.2) is 4.99 Å². The smallest absolute Gasteiger partial charge is 0.189 e. The van der Waals surface area contributed by atoms with E-state index in [1.165, 1.54) is 0 Å². The van der Waals surface area contributed by atoms with Gasteiger partial charge in [-0.2, -0.15) is 0 Å². The van der Waals surface area contributed by atoms with Crippen LogP contribution in [0.4, 0.5) is 0 Å². The molecule has 0 fully saturated rings. The summed E-state index contributed by atoms with van der Waals surface area (Å²) in [5, 5.41) is 3.09. The van der Waals surface area contributed by atoms with Crippen molar-refractivity contribution >= 4 is 29.9 Å². The van der Waals surface area contributed by atoms with Crippen molar-refractivity contribution in [1.29, 1.82) is 0 Å². The monoisotopic (exact) mass is 393 g/mol. The standard InChI is InChI=1S/C14H23N3O2.HI/c1-14(2,3)17-13(15)16-8-9-19-12-7-5-6-11(10-12)18-4;/h5-7,10H,8-9H2,1-4H3,(H3,15,16,17);1H. The van der Waals surface area contributed by atoms with E-state index >= 15 is 0 Å². The lowest BCUT2D eigenvalue weighted by Crippen LogP contribution is -2.45. The minimum Gasteiger partial charge on any atom is -0.497 e. The first-order chi connectivity index (χ1) is 8.90. The largest absolute Gasteiger partial charge is 0.497 e. The Morgan fingerprint density at radius 3 is 2.55 bits per heavy atom. The molecule has 0 amide bonds. The Labute approximate surface area is 138 Å². The van der Waals surface area contributed by atoms with E-state index in [1.807, 2.05) is 45.0 Å². The molecule has 0 unspecified atom stereocenters. The quantitative estimate of drug-likeness (QED) is 0.349. The van der Waals surface area contributed by atoms with Crippen LogP contribution in [0.2, 0.25) is 0 Å². The number of halogens is 1. The highest BCUT2D eigenvalue weighted by molar-refractivity contribution is 14.0. The molecule has 0 atom stereocenters. The van der Waals surface area contributed by atoms with Gasteiger partial charge >= 0.3 is 0 Å². The molecule has 0 aromatic heterocycles. The highest BCUT2D eigenvalue weighted by Crippen LogP contribution is 2.18. The van der Waals surface area contributed by atoms with Gasteiger partial charge in [-0.15, -0.1) is 24.0 Å². The Balaban J connectivity index is 0.00000361. The van der Waals surface area contributed by atoms with Crippen LogP contribution in [0.25, 0.3) is 0 Å². The number of aliphatic imine (C=N–C) groups is 1. The van der Waals surface area contributed by atoms with E-state index < -0.39 is 0 Å². The van der Waals surface area contributed by atoms with Crippen LogP contribution in [-0.4, -0.2) is 31.8 Å². The molecule has 1 rings (SSSR count). The van der Waals surface area contributed by atoms with Gasteiger partial charge in [0.15, 0.2) is 5.96 Å². The topological polar surface area (TPSA) is 68.9 Å². The van der Waals surface area contributed by atoms with Gasteiger partial charge in [0.05, 0.1) is 13.7 Å². The Kier molecular flexibility index (Phi) is 8.36. The van der Waals surface area contributed by atoms with Gasteiger partial charge in [-0.05, 0) is 32.9 Å². The predicted molar refractivity (Wildman–Crippen MR) is 93.3 cm³/mol. The number of benzene rings is 1. The lowest BCUT2D eigenvalue weighted by molar-refractivity contribution is 0.325. The molecule has 0 aliphatic heterocycles. The first kappa shape index (κ1) is 18.8. The minimum atomic E-state index is -0.0821. The maximum atomic E-state index is 5.75. The summed E-state index contributed by atoms with van der Waals surface area (Å²) in [5.41, 5.74) is 5.67. The van der Waals surface area contributed by atoms with Gasteiger partial charge in [-0.3, -0.25) is 0 Å². The molecule has 1 aromatic rings. The summed E-state index contributed by atoms with van der Waals surface area (Å²) in [5.74, 6) is 1.97. The van der Waals surface area contributed by atoms with Crippen molar-refractivity contribution in [1.82, 2.24) is 5.32 Å². The summed E-state index contributed by atoms with van der Waals surface area (Å²) in [6, 6.07) is 7.46. The number of methoxy groups -OCH3 is 1. The molecule has 1 aromatic carbocycles. The molecule has 0 aliphatic rings. The summed E-state index contributed by atoms with van der Waals surface area (Å²) in [6.07, 6.45) is 0. The second-order valence-corrected chi connectivity index (χ2v) is 5.17. The van der Waals surface area contributed by atoms with E-state index in [1.54, 1.807) is 7.11 Å². The third kappa shape index (κ3) is 8.08. The van der Waals surface area contributed by atoms with Gasteiger partial charge in [0.1, 0.15) is 18.1 Å². The number of hydrogen-bond acceptors (Lipinski definition) is 3. The molecule has 114 valence electrons. The van der Waals surface area contributed by atoms with E-state index in [9.17, 15) is 0 Å². The highest BCUT2D eigenvalue weighted by atomic mass is 127. The Hall–Kier alpha value is -1.18. The number of guanidine groups is 1. The SMILES string of the molecule is COc1cccc(OCCN=C(N)NC(C)(C)C)c1.I. The summed E-state index contributed by atoms with van der Waals surface area (Å²) in [7, 11) is 1.63. The summed E-state index contributed by atoms with van der Waals surface area (Å²) in [4.78, 5) is 4.19. The fourth-order valence-corrected chi connectivity index (χ4v) is 1.44. The summed E-state index contributed by atoms with van der Waals surface area (Å²) < 4.78 is 10.7. The predicted octanol–water partition coefficient (Wildman–Crippen LogP) is 2.39. The second-order valence-electron chi connectivity index (χ2n) is 5.17. The number of hydrogen-bond donors (Lipinski definition) is 2. The Morgan fingerprint density at radius 1 is 1.30 bits per heavy atom. The zero-order chi connectivity index (χ0) is 14.3. The van der Waals surface area contributed by atoms with Crippen molar-refractivity contribution < 1.29 is 9.47 Å². The van der Waals surface area contributed by atoms with Crippen molar-refractivity contribution in [2.45, 2.75) is 26.3 Å². The average molecular weight is 393 g/mol. The normalized spacial score (nSPS) is 11.5. The second kappa shape index (κ2) is 8.89. The minimum absolute atomic E-state index is 0. The maximum absolute atomic E-state index is 5.75. The molecule has 0 radical (unpaired) electrons. The number of nitrogens with one attached hydrogen (secondary N) is 1. The fraction of sp³-hybridized carbons (Fsp3) is 0.500. The number of nitrogens with two attached hydrogens (primary N) is 1. The molecular formula is C14H24IN3O2. The lowest BCUT2D eigenvalue weighted by Gasteiger charge is -2.20. The molecule has 0 spiro atoms. The lowest BCUT2D eigenvalue weighted by atomic mass is 10.1. The molecule has 0 heterocycles. The van der Waals surface area contributed by atoms with Crippen LogP contribution in [0.3, 0.4) is 0 Å². The molecule has 20 heavy (non-hydrogen) atoms. The van der Waals surface area contributed by atoms with Gasteiger partial charge in [0.2, 0.25) is 0 Å². The van der Waals surface area contributed by atoms with Crippen LogP contribution in [0, 0.1) is 0 Å². The third-order valence-electron chi connectivity index (χ3n) is 2.19. The van der Waals surface area contributed by atoms with Crippen LogP contribution in [0.5, 0.6) is 11.5 Å². The summed E-state index contributed by atoms with van der Waals surface area (Å²) in [6.45, 7) is 7.07. The number of rotatable bonds is 5. The van der Waals surface area contributed by atoms with E-state index in [0.29, 0.717) is 19.1 Å². The highest BCUT2D eigenvalue weighted by Gasteiger charge is 2.09. The first-order valence-electron chi connectivity index (χ1n) is 6.26. The van der Waals surface area contributed by atoms with E-state index in [4.69, 9.17) is 15.2 Å². The fourth-order valence-electron chi connectivity index (χ4n) is 1.44. The van der Waals surface area contributed by atoms with E-state index in [2.05, 4.69) is 10.3 Å². The molecule has 6 heteroatoms. The maximum Gasteiger partial charge on any atom is 0.189 e. The van der Waals surface area contributed by atoms with Crippen molar-refractivity contribution in [3.8, 4) is 11.5 Å². The molecule has 0 bridgehead atoms. The molecule has 0 aliphatic carbocycles. The summed E-state index contributed by atoms with van der Waals surface area (Å²) >= 11 is 0. The molecule has 5 nitrogen and oxygen atoms in total. The van der Waals surface area contributed by atoms with Crippen molar-refractivity contribution in [3.63, 3.8) is 0 Å². The zero-order valence-electron chi connectivity index (χ0n) is 12.5. The van der Waals surface area contributed by atoms with Gasteiger partial charge in [0.25, 0.3) is 0 Å². The van der Waals surface area contributed by atoms with E-state index in [0.717, 1.165) is 11.5 Å². The van der Waals surface area contributed by atoms with Crippen molar-refractivity contribution in [3.05, 3.63) is 24.3 Å². The van der Waals surface area contributed by atoms with Gasteiger partial charge < -0.3 is 20.5 Å². The first-order valence-corrected chi connectivity index (χ1v) is 6.26. The van der Waals surface area contributed by atoms with Gasteiger partial charge in [-0.1, -0.05) is 6.07 Å². The molecule has 0 saturated heterocycles. The number of nitrogens with zero attached hydrogens (tertiary/aromatic N) is 1. The molecular weight excluding hydrogens is 369 g/mol. The zero-order valence-corrected chi connectivity index (χ0v) is 14.8. The number of ether oxygens (including phenoxy) is 2. The Morgan fingerprint density at radius 2 is 1.95 bits per heavy atom. The van der Waals surface area contributed by atoms with E-state index in [-0.39, 0.29) is 29.5 Å².